The maximum Gasteiger partial charge on any atom is 0.431 e. The first-order valence-corrected chi connectivity index (χ1v) is 6.17. The molecule has 21 heavy (non-hydrogen) atoms. The molecule has 0 fully saturated rings. The van der Waals surface area contributed by atoms with E-state index in [4.69, 9.17) is 21.7 Å². The van der Waals surface area contributed by atoms with Crippen LogP contribution in [0.1, 0.15) is 5.69 Å². The summed E-state index contributed by atoms with van der Waals surface area (Å²) in [6.07, 6.45) is -4.54. The van der Waals surface area contributed by atoms with Crippen LogP contribution in [0.5, 0.6) is 11.5 Å². The van der Waals surface area contributed by atoms with Gasteiger partial charge in [0, 0.05) is 5.56 Å². The number of rotatable bonds is 3. The van der Waals surface area contributed by atoms with Crippen molar-refractivity contribution < 1.29 is 22.6 Å². The van der Waals surface area contributed by atoms with Crippen molar-refractivity contribution in [2.24, 2.45) is 0 Å². The van der Waals surface area contributed by atoms with Gasteiger partial charge in [0.25, 0.3) is 0 Å². The summed E-state index contributed by atoms with van der Waals surface area (Å²) in [4.78, 5) is 5.96. The summed E-state index contributed by atoms with van der Waals surface area (Å²) in [5.74, 6) is 0.844. The summed E-state index contributed by atoms with van der Waals surface area (Å²) in [6.45, 7) is 0. The molecule has 1 heterocycles. The number of benzene rings is 1. The third-order valence-electron chi connectivity index (χ3n) is 2.73. The number of nitrogens with one attached hydrogen (secondary N) is 1. The Morgan fingerprint density at radius 2 is 1.86 bits per heavy atom. The Morgan fingerprint density at radius 1 is 1.14 bits per heavy atom. The minimum Gasteiger partial charge on any atom is -0.497 e. The summed E-state index contributed by atoms with van der Waals surface area (Å²) in [5.41, 5.74) is -0.549. The fourth-order valence-electron chi connectivity index (χ4n) is 1.76. The lowest BCUT2D eigenvalue weighted by Gasteiger charge is -2.12. The van der Waals surface area contributed by atoms with Crippen molar-refractivity contribution in [1.29, 1.82) is 0 Å². The molecule has 4 nitrogen and oxygen atoms in total. The van der Waals surface area contributed by atoms with Gasteiger partial charge in [-0.25, -0.2) is 4.98 Å². The number of halogens is 3. The molecule has 1 aromatic carbocycles. The summed E-state index contributed by atoms with van der Waals surface area (Å²) in [6, 6.07) is 5.64. The third kappa shape index (κ3) is 3.33. The largest absolute Gasteiger partial charge is 0.497 e. The fraction of sp³-hybridized carbons (Fsp3) is 0.231. The second-order valence-corrected chi connectivity index (χ2v) is 4.44. The first-order chi connectivity index (χ1) is 9.85. The quantitative estimate of drug-likeness (QED) is 0.874. The summed E-state index contributed by atoms with van der Waals surface area (Å²) >= 11 is 4.76. The van der Waals surface area contributed by atoms with Crippen molar-refractivity contribution in [3.05, 3.63) is 34.7 Å². The van der Waals surface area contributed by atoms with Gasteiger partial charge in [0.2, 0.25) is 0 Å². The second kappa shape index (κ2) is 5.72. The van der Waals surface area contributed by atoms with Crippen LogP contribution in [-0.2, 0) is 6.18 Å². The highest BCUT2D eigenvalue weighted by atomic mass is 32.1. The van der Waals surface area contributed by atoms with E-state index in [9.17, 15) is 13.2 Å². The van der Waals surface area contributed by atoms with Gasteiger partial charge < -0.3 is 14.5 Å². The summed E-state index contributed by atoms with van der Waals surface area (Å²) in [5, 5.41) is 0. The minimum atomic E-state index is -4.54. The van der Waals surface area contributed by atoms with Gasteiger partial charge in [-0.2, -0.15) is 13.2 Å². The molecule has 0 spiro atoms. The van der Waals surface area contributed by atoms with E-state index < -0.39 is 11.9 Å². The normalized spacial score (nSPS) is 11.3. The van der Waals surface area contributed by atoms with Crippen LogP contribution in [0.15, 0.2) is 24.3 Å². The molecule has 0 radical (unpaired) electrons. The van der Waals surface area contributed by atoms with E-state index in [1.807, 2.05) is 4.98 Å². The molecule has 2 rings (SSSR count). The molecular weight excluding hydrogens is 305 g/mol. The maximum atomic E-state index is 12.8. The van der Waals surface area contributed by atoms with E-state index in [1.165, 1.54) is 20.3 Å². The summed E-state index contributed by atoms with van der Waals surface area (Å²) < 4.78 is 48.4. The Morgan fingerprint density at radius 3 is 2.43 bits per heavy atom. The molecule has 0 unspecified atom stereocenters. The van der Waals surface area contributed by atoms with Gasteiger partial charge in [-0.15, -0.1) is 0 Å². The molecule has 0 atom stereocenters. The standard InChI is InChI=1S/C13H11F3N2O2S/c1-19-7-3-4-10(20-2)8(5-7)9-6-11(13(14,15)16)18-12(21)17-9/h3-6H,1-2H3,(H,17,18,21). The monoisotopic (exact) mass is 316 g/mol. The van der Waals surface area contributed by atoms with Gasteiger partial charge in [0.1, 0.15) is 17.2 Å². The van der Waals surface area contributed by atoms with Gasteiger partial charge in [0.15, 0.2) is 4.77 Å². The third-order valence-corrected chi connectivity index (χ3v) is 2.93. The molecular formula is C13H11F3N2O2S. The van der Waals surface area contributed by atoms with E-state index in [1.54, 1.807) is 12.1 Å². The number of hydrogen-bond donors (Lipinski definition) is 1. The van der Waals surface area contributed by atoms with Crippen LogP contribution in [0, 0.1) is 4.77 Å². The van der Waals surface area contributed by atoms with Crippen LogP contribution in [0.25, 0.3) is 11.3 Å². The molecule has 0 aliphatic rings. The highest BCUT2D eigenvalue weighted by Crippen LogP contribution is 2.35. The van der Waals surface area contributed by atoms with Gasteiger partial charge in [-0.1, -0.05) is 0 Å². The van der Waals surface area contributed by atoms with Crippen LogP contribution in [0.3, 0.4) is 0 Å². The molecule has 8 heteroatoms. The highest BCUT2D eigenvalue weighted by Gasteiger charge is 2.32. The number of aromatic nitrogens is 2. The maximum absolute atomic E-state index is 12.8. The SMILES string of the molecule is COc1ccc(OC)c(-c2cc(C(F)(F)F)[nH]c(=S)n2)c1. The molecule has 112 valence electrons. The molecule has 0 bridgehead atoms. The van der Waals surface area contributed by atoms with E-state index in [0.717, 1.165) is 6.07 Å². The molecule has 0 aliphatic heterocycles. The number of hydrogen-bond acceptors (Lipinski definition) is 4. The van der Waals surface area contributed by atoms with Crippen LogP contribution < -0.4 is 9.47 Å². The predicted molar refractivity (Wildman–Crippen MR) is 73.0 cm³/mol. The van der Waals surface area contributed by atoms with Gasteiger partial charge in [-0.05, 0) is 36.5 Å². The Bertz CT molecular complexity index is 713. The highest BCUT2D eigenvalue weighted by molar-refractivity contribution is 7.71. The Labute approximate surface area is 123 Å². The van der Waals surface area contributed by atoms with E-state index >= 15 is 0 Å². The van der Waals surface area contributed by atoms with Gasteiger partial charge in [0.05, 0.1) is 19.9 Å². The van der Waals surface area contributed by atoms with E-state index in [0.29, 0.717) is 17.1 Å². The average Bonchev–Trinajstić information content (AvgIpc) is 2.45. The molecule has 0 amide bonds. The van der Waals surface area contributed by atoms with E-state index in [2.05, 4.69) is 4.98 Å². The number of H-pyrrole nitrogens is 1. The van der Waals surface area contributed by atoms with Crippen LogP contribution in [0.4, 0.5) is 13.2 Å². The lowest BCUT2D eigenvalue weighted by Crippen LogP contribution is -2.09. The van der Waals surface area contributed by atoms with Crippen LogP contribution in [-0.4, -0.2) is 24.2 Å². The first kappa shape index (κ1) is 15.3. The second-order valence-electron chi connectivity index (χ2n) is 4.05. The van der Waals surface area contributed by atoms with Gasteiger partial charge in [-0.3, -0.25) is 0 Å². The summed E-state index contributed by atoms with van der Waals surface area (Å²) in [7, 11) is 2.87. The number of nitrogens with zero attached hydrogens (tertiary/aromatic N) is 1. The minimum absolute atomic E-state index is 0.0572. The van der Waals surface area contributed by atoms with Crippen molar-refractivity contribution in [3.63, 3.8) is 0 Å². The zero-order valence-electron chi connectivity index (χ0n) is 11.1. The van der Waals surface area contributed by atoms with E-state index in [-0.39, 0.29) is 10.5 Å². The lowest BCUT2D eigenvalue weighted by atomic mass is 10.1. The first-order valence-electron chi connectivity index (χ1n) is 5.76. The Balaban J connectivity index is 2.66. The zero-order chi connectivity index (χ0) is 15.6. The molecule has 0 aliphatic carbocycles. The molecule has 2 aromatic rings. The molecule has 1 aromatic heterocycles. The van der Waals surface area contributed by atoms with Gasteiger partial charge >= 0.3 is 6.18 Å². The topological polar surface area (TPSA) is 47.1 Å². The van der Waals surface area contributed by atoms with Crippen molar-refractivity contribution in [3.8, 4) is 22.8 Å². The van der Waals surface area contributed by atoms with Crippen molar-refractivity contribution >= 4 is 12.2 Å². The molecule has 0 saturated heterocycles. The van der Waals surface area contributed by atoms with Crippen molar-refractivity contribution in [1.82, 2.24) is 9.97 Å². The van der Waals surface area contributed by atoms with Crippen molar-refractivity contribution in [2.75, 3.05) is 14.2 Å². The Hall–Kier alpha value is -2.09. The lowest BCUT2D eigenvalue weighted by molar-refractivity contribution is -0.141. The van der Waals surface area contributed by atoms with Crippen molar-refractivity contribution in [2.45, 2.75) is 6.18 Å². The average molecular weight is 316 g/mol. The zero-order valence-corrected chi connectivity index (χ0v) is 11.9. The van der Waals surface area contributed by atoms with Crippen LogP contribution >= 0.6 is 12.2 Å². The molecule has 1 N–H and O–H groups in total. The van der Waals surface area contributed by atoms with Crippen LogP contribution in [0.2, 0.25) is 0 Å². The Kier molecular flexibility index (Phi) is 4.17. The fourth-order valence-corrected chi connectivity index (χ4v) is 1.97. The molecule has 0 saturated carbocycles. The number of methoxy groups -OCH3 is 2. The number of aromatic amines is 1. The number of ether oxygens (including phenoxy) is 2. The number of alkyl halides is 3. The predicted octanol–water partition coefficient (Wildman–Crippen LogP) is 3.84. The smallest absolute Gasteiger partial charge is 0.431 e.